The number of halogens is 1. The van der Waals surface area contributed by atoms with Crippen LogP contribution in [0.1, 0.15) is 19.4 Å². The smallest absolute Gasteiger partial charge is 0.149 e. The molecular formula is C16H16FN4O3S-. The number of nitrogens with one attached hydrogen (secondary N) is 1. The van der Waals surface area contributed by atoms with E-state index in [4.69, 9.17) is 4.74 Å². The maximum absolute atomic E-state index is 14.4. The lowest BCUT2D eigenvalue weighted by Gasteiger charge is -2.10. The van der Waals surface area contributed by atoms with Crippen molar-refractivity contribution in [1.82, 2.24) is 19.7 Å². The van der Waals surface area contributed by atoms with Gasteiger partial charge in [0, 0.05) is 23.9 Å². The van der Waals surface area contributed by atoms with Crippen LogP contribution in [-0.2, 0) is 17.8 Å². The summed E-state index contributed by atoms with van der Waals surface area (Å²) in [5.41, 5.74) is 1.96. The Kier molecular flexibility index (Phi) is 5.07. The van der Waals surface area contributed by atoms with Gasteiger partial charge in [-0.1, -0.05) is 11.3 Å². The molecule has 0 saturated heterocycles. The van der Waals surface area contributed by atoms with Gasteiger partial charge in [0.15, 0.2) is 0 Å². The summed E-state index contributed by atoms with van der Waals surface area (Å²) in [6.45, 7) is 3.87. The van der Waals surface area contributed by atoms with Crippen molar-refractivity contribution in [2.24, 2.45) is 0 Å². The minimum Gasteiger partial charge on any atom is -0.760 e. The van der Waals surface area contributed by atoms with Crippen molar-refractivity contribution >= 4 is 22.3 Å². The molecule has 1 unspecified atom stereocenters. The Morgan fingerprint density at radius 1 is 1.32 bits per heavy atom. The fraction of sp³-hybridized carbons (Fsp3) is 0.250. The van der Waals surface area contributed by atoms with Gasteiger partial charge in [0.1, 0.15) is 22.8 Å². The Morgan fingerprint density at radius 3 is 2.80 bits per heavy atom. The predicted octanol–water partition coefficient (Wildman–Crippen LogP) is 2.23. The molecule has 25 heavy (non-hydrogen) atoms. The second-order valence-corrected chi connectivity index (χ2v) is 6.42. The summed E-state index contributed by atoms with van der Waals surface area (Å²) in [5.74, 6) is 0.146. The average Bonchev–Trinajstić information content (AvgIpc) is 2.95. The Hall–Kier alpha value is -2.36. The molecule has 3 rings (SSSR count). The highest BCUT2D eigenvalue weighted by Crippen LogP contribution is 2.23. The highest BCUT2D eigenvalue weighted by atomic mass is 32.2. The van der Waals surface area contributed by atoms with E-state index in [-0.39, 0.29) is 18.3 Å². The highest BCUT2D eigenvalue weighted by Gasteiger charge is 2.12. The largest absolute Gasteiger partial charge is 0.760 e. The Balaban J connectivity index is 1.92. The van der Waals surface area contributed by atoms with Crippen molar-refractivity contribution in [1.29, 1.82) is 0 Å². The van der Waals surface area contributed by atoms with Crippen LogP contribution in [0.3, 0.4) is 0 Å². The quantitative estimate of drug-likeness (QED) is 0.678. The highest BCUT2D eigenvalue weighted by molar-refractivity contribution is 7.77. The average molecular weight is 363 g/mol. The van der Waals surface area contributed by atoms with Gasteiger partial charge in [-0.05, 0) is 43.7 Å². The Morgan fingerprint density at radius 2 is 2.12 bits per heavy atom. The minimum absolute atomic E-state index is 0.0152. The van der Waals surface area contributed by atoms with Crippen molar-refractivity contribution in [2.45, 2.75) is 26.5 Å². The molecule has 0 fully saturated rings. The number of fused-ring (bicyclic) bond motifs is 1. The summed E-state index contributed by atoms with van der Waals surface area (Å²) >= 11 is -2.39. The number of rotatable bonds is 6. The molecule has 7 nitrogen and oxygen atoms in total. The maximum Gasteiger partial charge on any atom is 0.149 e. The number of hydrogen-bond acceptors (Lipinski definition) is 5. The molecule has 0 aliphatic carbocycles. The zero-order valence-electron chi connectivity index (χ0n) is 13.6. The summed E-state index contributed by atoms with van der Waals surface area (Å²) in [7, 11) is 0. The normalized spacial score (nSPS) is 12.7. The lowest BCUT2D eigenvalue weighted by molar-refractivity contribution is 0.242. The van der Waals surface area contributed by atoms with Crippen LogP contribution in [0.5, 0.6) is 5.75 Å². The zero-order valence-corrected chi connectivity index (χ0v) is 14.4. The van der Waals surface area contributed by atoms with Crippen LogP contribution in [0.25, 0.3) is 16.7 Å². The first-order valence-electron chi connectivity index (χ1n) is 7.57. The van der Waals surface area contributed by atoms with Crippen molar-refractivity contribution in [2.75, 3.05) is 0 Å². The van der Waals surface area contributed by atoms with E-state index in [0.29, 0.717) is 22.3 Å². The van der Waals surface area contributed by atoms with E-state index < -0.39 is 17.1 Å². The van der Waals surface area contributed by atoms with Gasteiger partial charge < -0.3 is 9.29 Å². The van der Waals surface area contributed by atoms with Gasteiger partial charge in [-0.3, -0.25) is 4.21 Å². The third-order valence-electron chi connectivity index (χ3n) is 3.42. The third kappa shape index (κ3) is 4.01. The molecular weight excluding hydrogens is 347 g/mol. The van der Waals surface area contributed by atoms with Crippen molar-refractivity contribution in [3.05, 3.63) is 47.8 Å². The number of nitrogens with zero attached hydrogens (tertiary/aromatic N) is 3. The van der Waals surface area contributed by atoms with Crippen LogP contribution >= 0.6 is 0 Å². The summed E-state index contributed by atoms with van der Waals surface area (Å²) in [5, 5.41) is 8.07. The van der Waals surface area contributed by atoms with E-state index in [1.165, 1.54) is 16.8 Å². The first kappa shape index (κ1) is 17.5. The molecule has 1 atom stereocenters. The molecule has 3 aromatic rings. The predicted molar refractivity (Wildman–Crippen MR) is 90.3 cm³/mol. The molecule has 2 aromatic carbocycles. The second kappa shape index (κ2) is 7.26. The Bertz CT molecular complexity index is 929. The monoisotopic (exact) mass is 363 g/mol. The SMILES string of the molecule is CC(C)Oc1ccc2c(c1)nnn2-c1ccc(CNS(=O)[O-])cc1F. The number of benzene rings is 2. The molecule has 132 valence electrons. The number of ether oxygens (including phenoxy) is 1. The van der Waals surface area contributed by atoms with Crippen molar-refractivity contribution in [3.8, 4) is 11.4 Å². The van der Waals surface area contributed by atoms with E-state index >= 15 is 0 Å². The van der Waals surface area contributed by atoms with Gasteiger partial charge in [-0.15, -0.1) is 5.10 Å². The van der Waals surface area contributed by atoms with E-state index in [1.54, 1.807) is 24.3 Å². The fourth-order valence-electron chi connectivity index (χ4n) is 2.40. The summed E-state index contributed by atoms with van der Waals surface area (Å²) < 4.78 is 44.7. The molecule has 0 spiro atoms. The van der Waals surface area contributed by atoms with Gasteiger partial charge in [0.2, 0.25) is 0 Å². The van der Waals surface area contributed by atoms with E-state index in [0.717, 1.165) is 0 Å². The molecule has 0 bridgehead atoms. The van der Waals surface area contributed by atoms with Crippen LogP contribution in [0.2, 0.25) is 0 Å². The van der Waals surface area contributed by atoms with Crippen LogP contribution in [0.4, 0.5) is 4.39 Å². The summed E-state index contributed by atoms with van der Waals surface area (Å²) in [6.07, 6.45) is 0.0366. The molecule has 0 radical (unpaired) electrons. The summed E-state index contributed by atoms with van der Waals surface area (Å²) in [4.78, 5) is 0. The van der Waals surface area contributed by atoms with Crippen LogP contribution < -0.4 is 9.46 Å². The van der Waals surface area contributed by atoms with E-state index in [1.807, 2.05) is 13.8 Å². The fourth-order valence-corrected chi connectivity index (χ4v) is 2.69. The molecule has 0 aliphatic heterocycles. The second-order valence-electron chi connectivity index (χ2n) is 5.66. The van der Waals surface area contributed by atoms with E-state index in [2.05, 4.69) is 15.0 Å². The Labute approximate surface area is 146 Å². The van der Waals surface area contributed by atoms with Gasteiger partial charge in [0.05, 0.1) is 11.6 Å². The van der Waals surface area contributed by atoms with Crippen molar-refractivity contribution in [3.63, 3.8) is 0 Å². The maximum atomic E-state index is 14.4. The molecule has 0 aliphatic rings. The minimum atomic E-state index is -2.39. The molecule has 1 N–H and O–H groups in total. The van der Waals surface area contributed by atoms with Crippen LogP contribution in [0, 0.1) is 5.82 Å². The first-order valence-corrected chi connectivity index (χ1v) is 8.65. The van der Waals surface area contributed by atoms with Crippen molar-refractivity contribution < 1.29 is 17.9 Å². The molecule has 1 heterocycles. The zero-order chi connectivity index (χ0) is 18.0. The molecule has 0 amide bonds. The van der Waals surface area contributed by atoms with Crippen LogP contribution in [0.15, 0.2) is 36.4 Å². The topological polar surface area (TPSA) is 92.1 Å². The van der Waals surface area contributed by atoms with Gasteiger partial charge in [-0.2, -0.15) is 0 Å². The molecule has 1 aromatic heterocycles. The van der Waals surface area contributed by atoms with Crippen LogP contribution in [-0.4, -0.2) is 29.9 Å². The number of aromatic nitrogens is 3. The lowest BCUT2D eigenvalue weighted by atomic mass is 10.2. The summed E-state index contributed by atoms with van der Waals surface area (Å²) in [6, 6.07) is 9.72. The third-order valence-corrected chi connectivity index (χ3v) is 3.80. The van der Waals surface area contributed by atoms with Gasteiger partial charge in [-0.25, -0.2) is 13.8 Å². The van der Waals surface area contributed by atoms with Gasteiger partial charge >= 0.3 is 0 Å². The van der Waals surface area contributed by atoms with Gasteiger partial charge in [0.25, 0.3) is 0 Å². The first-order chi connectivity index (χ1) is 11.9. The number of hydrogen-bond donors (Lipinski definition) is 1. The molecule has 9 heteroatoms. The molecule has 0 saturated carbocycles. The van der Waals surface area contributed by atoms with E-state index in [9.17, 15) is 13.2 Å². The standard InChI is InChI=1S/C16H17FN4O3S/c1-10(2)24-12-4-6-16-14(8-12)19-20-21(16)15-5-3-11(7-13(15)17)9-18-25(22)23/h3-8,10,18H,9H2,1-2H3,(H,22,23)/p-1. The lowest BCUT2D eigenvalue weighted by Crippen LogP contribution is -2.15.